The molecular formula is C13H21N3S. The van der Waals surface area contributed by atoms with Crippen LogP contribution < -0.4 is 5.32 Å². The van der Waals surface area contributed by atoms with Gasteiger partial charge in [0.1, 0.15) is 5.82 Å². The van der Waals surface area contributed by atoms with Crippen molar-refractivity contribution in [3.8, 4) is 0 Å². The Hall–Kier alpha value is -0.480. The molecule has 2 aliphatic heterocycles. The molecule has 1 aromatic rings. The van der Waals surface area contributed by atoms with E-state index >= 15 is 0 Å². The largest absolute Gasteiger partial charge is 0.335 e. The molecule has 3 rings (SSSR count). The van der Waals surface area contributed by atoms with Crippen LogP contribution in [0.25, 0.3) is 0 Å². The quantitative estimate of drug-likeness (QED) is 0.890. The minimum atomic E-state index is 0.762. The van der Waals surface area contributed by atoms with Gasteiger partial charge in [-0.1, -0.05) is 0 Å². The topological polar surface area (TPSA) is 29.9 Å². The van der Waals surface area contributed by atoms with Crippen LogP contribution in [0.5, 0.6) is 0 Å². The molecule has 94 valence electrons. The number of hydrogen-bond acceptors (Lipinski definition) is 3. The average Bonchev–Trinajstić information content (AvgIpc) is 2.85. The van der Waals surface area contributed by atoms with E-state index in [1.54, 1.807) is 0 Å². The van der Waals surface area contributed by atoms with Gasteiger partial charge < -0.3 is 9.88 Å². The SMILES string of the molecule is c1cn2c(n1)CC[C@H](CN[C@H]1CCCSC1)C2. The summed E-state index contributed by atoms with van der Waals surface area (Å²) in [6.07, 6.45) is 9.26. The molecule has 0 unspecified atom stereocenters. The summed E-state index contributed by atoms with van der Waals surface area (Å²) >= 11 is 2.10. The Balaban J connectivity index is 1.47. The summed E-state index contributed by atoms with van der Waals surface area (Å²) in [4.78, 5) is 4.38. The van der Waals surface area contributed by atoms with Crippen molar-refractivity contribution in [3.05, 3.63) is 18.2 Å². The molecule has 3 heterocycles. The van der Waals surface area contributed by atoms with Crippen LogP contribution in [0.3, 0.4) is 0 Å². The molecular weight excluding hydrogens is 230 g/mol. The summed E-state index contributed by atoms with van der Waals surface area (Å²) in [7, 11) is 0. The van der Waals surface area contributed by atoms with E-state index < -0.39 is 0 Å². The van der Waals surface area contributed by atoms with E-state index in [4.69, 9.17) is 0 Å². The third-order valence-electron chi connectivity index (χ3n) is 3.89. The lowest BCUT2D eigenvalue weighted by Gasteiger charge is -2.28. The zero-order chi connectivity index (χ0) is 11.5. The van der Waals surface area contributed by atoms with Gasteiger partial charge in [0.15, 0.2) is 0 Å². The highest BCUT2D eigenvalue weighted by Gasteiger charge is 2.20. The van der Waals surface area contributed by atoms with E-state index in [1.165, 1.54) is 43.1 Å². The summed E-state index contributed by atoms with van der Waals surface area (Å²) in [5.74, 6) is 4.74. The Morgan fingerprint density at radius 3 is 3.35 bits per heavy atom. The number of hydrogen-bond donors (Lipinski definition) is 1. The Bertz CT molecular complexity index is 357. The molecule has 1 fully saturated rings. The molecule has 1 N–H and O–H groups in total. The lowest BCUT2D eigenvalue weighted by atomic mass is 9.99. The molecule has 2 atom stereocenters. The summed E-state index contributed by atoms with van der Waals surface area (Å²) in [6.45, 7) is 2.34. The number of imidazole rings is 1. The molecule has 0 spiro atoms. The van der Waals surface area contributed by atoms with E-state index in [0.717, 1.165) is 24.9 Å². The summed E-state index contributed by atoms with van der Waals surface area (Å²) in [6, 6.07) is 0.762. The number of aromatic nitrogens is 2. The fourth-order valence-corrected chi connectivity index (χ4v) is 3.95. The van der Waals surface area contributed by atoms with Crippen molar-refractivity contribution in [2.45, 2.75) is 38.3 Å². The monoisotopic (exact) mass is 251 g/mol. The van der Waals surface area contributed by atoms with Crippen molar-refractivity contribution in [1.82, 2.24) is 14.9 Å². The third kappa shape index (κ3) is 2.86. The first-order chi connectivity index (χ1) is 8.42. The van der Waals surface area contributed by atoms with Crippen LogP contribution in [-0.2, 0) is 13.0 Å². The van der Waals surface area contributed by atoms with E-state index in [9.17, 15) is 0 Å². The van der Waals surface area contributed by atoms with Gasteiger partial charge in [-0.25, -0.2) is 4.98 Å². The molecule has 0 saturated carbocycles. The van der Waals surface area contributed by atoms with E-state index in [1.807, 2.05) is 6.20 Å². The maximum absolute atomic E-state index is 4.38. The number of rotatable bonds is 3. The first kappa shape index (κ1) is 11.6. The van der Waals surface area contributed by atoms with Crippen LogP contribution >= 0.6 is 11.8 Å². The standard InChI is InChI=1S/C13H21N3S/c1-2-12(10-17-7-1)15-8-11-3-4-13-14-5-6-16(13)9-11/h5-6,11-12,15H,1-4,7-10H2/t11-,12+/m1/s1. The normalized spacial score (nSPS) is 28.9. The Kier molecular flexibility index (Phi) is 3.71. The van der Waals surface area contributed by atoms with Crippen molar-refractivity contribution in [2.75, 3.05) is 18.1 Å². The molecule has 17 heavy (non-hydrogen) atoms. The van der Waals surface area contributed by atoms with Crippen LogP contribution in [0.2, 0.25) is 0 Å². The zero-order valence-electron chi connectivity index (χ0n) is 10.3. The summed E-state index contributed by atoms with van der Waals surface area (Å²) in [5, 5.41) is 3.76. The van der Waals surface area contributed by atoms with Gasteiger partial charge in [0.05, 0.1) is 0 Å². The van der Waals surface area contributed by atoms with Crippen LogP contribution in [0.1, 0.15) is 25.1 Å². The molecule has 1 saturated heterocycles. The maximum atomic E-state index is 4.38. The van der Waals surface area contributed by atoms with Crippen molar-refractivity contribution >= 4 is 11.8 Å². The van der Waals surface area contributed by atoms with Gasteiger partial charge in [-0.3, -0.25) is 0 Å². The van der Waals surface area contributed by atoms with Gasteiger partial charge in [0.2, 0.25) is 0 Å². The predicted molar refractivity (Wildman–Crippen MR) is 72.4 cm³/mol. The first-order valence-electron chi connectivity index (χ1n) is 6.73. The van der Waals surface area contributed by atoms with Crippen LogP contribution in [0, 0.1) is 5.92 Å². The number of aryl methyl sites for hydroxylation is 1. The lowest BCUT2D eigenvalue weighted by molar-refractivity contribution is 0.331. The molecule has 0 radical (unpaired) electrons. The molecule has 3 nitrogen and oxygen atoms in total. The van der Waals surface area contributed by atoms with E-state index in [-0.39, 0.29) is 0 Å². The second-order valence-corrected chi connectivity index (χ2v) is 6.37. The molecule has 2 aliphatic rings. The average molecular weight is 251 g/mol. The van der Waals surface area contributed by atoms with Crippen LogP contribution in [0.4, 0.5) is 0 Å². The minimum absolute atomic E-state index is 0.762. The molecule has 0 bridgehead atoms. The first-order valence-corrected chi connectivity index (χ1v) is 7.88. The Labute approximate surface area is 107 Å². The fourth-order valence-electron chi connectivity index (χ4n) is 2.84. The highest BCUT2D eigenvalue weighted by atomic mass is 32.2. The number of nitrogens with zero attached hydrogens (tertiary/aromatic N) is 2. The van der Waals surface area contributed by atoms with Gasteiger partial charge in [-0.15, -0.1) is 0 Å². The third-order valence-corrected chi connectivity index (χ3v) is 5.10. The Morgan fingerprint density at radius 1 is 1.47 bits per heavy atom. The predicted octanol–water partition coefficient (Wildman–Crippen LogP) is 1.93. The van der Waals surface area contributed by atoms with Crippen LogP contribution in [0.15, 0.2) is 12.4 Å². The van der Waals surface area contributed by atoms with Gasteiger partial charge in [0, 0.05) is 37.2 Å². The van der Waals surface area contributed by atoms with Crippen molar-refractivity contribution in [2.24, 2.45) is 5.92 Å². The van der Waals surface area contributed by atoms with Gasteiger partial charge in [-0.05, 0) is 37.5 Å². The van der Waals surface area contributed by atoms with E-state index in [0.29, 0.717) is 0 Å². The molecule has 1 aromatic heterocycles. The number of nitrogens with one attached hydrogen (secondary N) is 1. The van der Waals surface area contributed by atoms with Gasteiger partial charge in [0.25, 0.3) is 0 Å². The van der Waals surface area contributed by atoms with Crippen LogP contribution in [-0.4, -0.2) is 33.6 Å². The molecule has 4 heteroatoms. The van der Waals surface area contributed by atoms with Crippen molar-refractivity contribution in [1.29, 1.82) is 0 Å². The molecule has 0 amide bonds. The second-order valence-electron chi connectivity index (χ2n) is 5.22. The minimum Gasteiger partial charge on any atom is -0.335 e. The molecule has 0 aliphatic carbocycles. The number of thioether (sulfide) groups is 1. The smallest absolute Gasteiger partial charge is 0.108 e. The lowest BCUT2D eigenvalue weighted by Crippen LogP contribution is -2.39. The molecule has 0 aromatic carbocycles. The highest BCUT2D eigenvalue weighted by molar-refractivity contribution is 7.99. The summed E-state index contributed by atoms with van der Waals surface area (Å²) < 4.78 is 2.32. The van der Waals surface area contributed by atoms with E-state index in [2.05, 4.69) is 32.8 Å². The van der Waals surface area contributed by atoms with Crippen molar-refractivity contribution < 1.29 is 0 Å². The second kappa shape index (κ2) is 5.44. The van der Waals surface area contributed by atoms with Gasteiger partial charge in [-0.2, -0.15) is 11.8 Å². The highest BCUT2D eigenvalue weighted by Crippen LogP contribution is 2.20. The van der Waals surface area contributed by atoms with Gasteiger partial charge >= 0.3 is 0 Å². The van der Waals surface area contributed by atoms with Crippen molar-refractivity contribution in [3.63, 3.8) is 0 Å². The fraction of sp³-hybridized carbons (Fsp3) is 0.769. The summed E-state index contributed by atoms with van der Waals surface area (Å²) in [5.41, 5.74) is 0. The Morgan fingerprint density at radius 2 is 2.47 bits per heavy atom. The maximum Gasteiger partial charge on any atom is 0.108 e. The number of fused-ring (bicyclic) bond motifs is 1. The zero-order valence-corrected chi connectivity index (χ0v) is 11.1.